The van der Waals surface area contributed by atoms with Crippen molar-refractivity contribution in [2.45, 2.75) is 65.1 Å². The highest BCUT2D eigenvalue weighted by Gasteiger charge is 2.56. The number of nitrogens with zero attached hydrogens (tertiary/aromatic N) is 2. The van der Waals surface area contributed by atoms with E-state index in [1.54, 1.807) is 11.8 Å². The van der Waals surface area contributed by atoms with Crippen LogP contribution in [0, 0.1) is 5.92 Å². The van der Waals surface area contributed by atoms with Gasteiger partial charge in [0.05, 0.1) is 0 Å². The van der Waals surface area contributed by atoms with Gasteiger partial charge in [0, 0.05) is 12.1 Å². The number of nitrogens with one attached hydrogen (secondary N) is 1. The first-order chi connectivity index (χ1) is 9.68. The minimum Gasteiger partial charge on any atom is -0.336 e. The Bertz CT molecular complexity index is 463. The molecule has 0 spiro atoms. The highest BCUT2D eigenvalue weighted by atomic mass is 16.2. The van der Waals surface area contributed by atoms with E-state index in [1.807, 2.05) is 27.7 Å². The molecule has 2 aliphatic rings. The molecule has 0 aromatic heterocycles. The molecule has 6 heteroatoms. The minimum atomic E-state index is -0.822. The van der Waals surface area contributed by atoms with Crippen molar-refractivity contribution in [3.8, 4) is 0 Å². The Hall–Kier alpha value is -1.59. The molecular weight excluding hydrogens is 270 g/mol. The molecule has 2 rings (SSSR count). The van der Waals surface area contributed by atoms with Crippen LogP contribution >= 0.6 is 0 Å². The molecule has 21 heavy (non-hydrogen) atoms. The van der Waals surface area contributed by atoms with Crippen LogP contribution in [0.25, 0.3) is 0 Å². The van der Waals surface area contributed by atoms with Gasteiger partial charge in [-0.05, 0) is 53.4 Å². The molecule has 1 unspecified atom stereocenters. The summed E-state index contributed by atoms with van der Waals surface area (Å²) < 4.78 is 0. The fourth-order valence-electron chi connectivity index (χ4n) is 3.19. The van der Waals surface area contributed by atoms with Gasteiger partial charge >= 0.3 is 6.03 Å². The summed E-state index contributed by atoms with van der Waals surface area (Å²) in [5.41, 5.74) is -0.822. The van der Waals surface area contributed by atoms with Crippen LogP contribution in [0.1, 0.15) is 47.5 Å². The summed E-state index contributed by atoms with van der Waals surface area (Å²) >= 11 is 0. The molecule has 1 saturated carbocycles. The van der Waals surface area contributed by atoms with Gasteiger partial charge < -0.3 is 10.2 Å². The first kappa shape index (κ1) is 15.8. The number of urea groups is 1. The van der Waals surface area contributed by atoms with Crippen molar-refractivity contribution in [3.63, 3.8) is 0 Å². The predicted octanol–water partition coefficient (Wildman–Crippen LogP) is 1.35. The van der Waals surface area contributed by atoms with Gasteiger partial charge in [0.25, 0.3) is 5.91 Å². The lowest BCUT2D eigenvalue weighted by Gasteiger charge is -2.32. The number of carbonyl (C=O) groups is 3. The Labute approximate surface area is 125 Å². The molecule has 0 radical (unpaired) electrons. The maximum absolute atomic E-state index is 12.5. The first-order valence-corrected chi connectivity index (χ1v) is 7.63. The second kappa shape index (κ2) is 5.31. The van der Waals surface area contributed by atoms with E-state index >= 15 is 0 Å². The lowest BCUT2D eigenvalue weighted by molar-refractivity contribution is -0.141. The third-order valence-electron chi connectivity index (χ3n) is 4.39. The van der Waals surface area contributed by atoms with E-state index in [4.69, 9.17) is 0 Å². The fourth-order valence-corrected chi connectivity index (χ4v) is 3.19. The summed E-state index contributed by atoms with van der Waals surface area (Å²) in [6, 6.07) is -0.378. The van der Waals surface area contributed by atoms with Gasteiger partial charge in [-0.2, -0.15) is 0 Å². The molecule has 1 aliphatic heterocycles. The van der Waals surface area contributed by atoms with Crippen LogP contribution in [0.5, 0.6) is 0 Å². The summed E-state index contributed by atoms with van der Waals surface area (Å²) in [6.45, 7) is 9.30. The van der Waals surface area contributed by atoms with Gasteiger partial charge in [-0.15, -0.1) is 0 Å². The monoisotopic (exact) mass is 295 g/mol. The van der Waals surface area contributed by atoms with E-state index in [1.165, 1.54) is 0 Å². The lowest BCUT2D eigenvalue weighted by atomic mass is 9.96. The zero-order valence-corrected chi connectivity index (χ0v) is 13.5. The zero-order chi connectivity index (χ0) is 15.9. The molecule has 0 bridgehead atoms. The summed E-state index contributed by atoms with van der Waals surface area (Å²) in [4.78, 5) is 39.7. The Morgan fingerprint density at radius 2 is 1.81 bits per heavy atom. The molecule has 1 heterocycles. The van der Waals surface area contributed by atoms with E-state index in [9.17, 15) is 14.4 Å². The van der Waals surface area contributed by atoms with Gasteiger partial charge in [0.2, 0.25) is 5.91 Å². The topological polar surface area (TPSA) is 69.7 Å². The van der Waals surface area contributed by atoms with Crippen molar-refractivity contribution < 1.29 is 14.4 Å². The molecule has 1 saturated heterocycles. The average molecular weight is 295 g/mol. The third-order valence-corrected chi connectivity index (χ3v) is 4.39. The quantitative estimate of drug-likeness (QED) is 0.778. The normalized spacial score (nSPS) is 25.8. The standard InChI is InChI=1S/C15H25N3O3/c1-9(2)18(10(3)4)12(19)8-17-13(20)15(5,11-6-7-11)16-14(17)21/h9-11H,6-8H2,1-5H3,(H,16,21). The van der Waals surface area contributed by atoms with Gasteiger partial charge in [-0.1, -0.05) is 0 Å². The van der Waals surface area contributed by atoms with E-state index in [0.29, 0.717) is 0 Å². The Kier molecular flexibility index (Phi) is 4.00. The van der Waals surface area contributed by atoms with Crippen molar-refractivity contribution in [3.05, 3.63) is 0 Å². The number of hydrogen-bond acceptors (Lipinski definition) is 3. The number of carbonyl (C=O) groups excluding carboxylic acids is 3. The molecular formula is C15H25N3O3. The SMILES string of the molecule is CC(C)N(C(=O)CN1C(=O)NC(C)(C2CC2)C1=O)C(C)C. The molecule has 0 aromatic carbocycles. The molecule has 1 aliphatic carbocycles. The minimum absolute atomic E-state index is 0.0353. The fraction of sp³-hybridized carbons (Fsp3) is 0.800. The molecule has 0 aromatic rings. The molecule has 1 atom stereocenters. The Balaban J connectivity index is 2.10. The second-order valence-electron chi connectivity index (χ2n) is 6.79. The number of rotatable bonds is 5. The van der Waals surface area contributed by atoms with Crippen molar-refractivity contribution in [2.75, 3.05) is 6.54 Å². The maximum atomic E-state index is 12.5. The second-order valence-corrected chi connectivity index (χ2v) is 6.79. The summed E-state index contributed by atoms with van der Waals surface area (Å²) in [6.07, 6.45) is 1.91. The van der Waals surface area contributed by atoms with Gasteiger partial charge in [-0.3, -0.25) is 14.5 Å². The van der Waals surface area contributed by atoms with Crippen LogP contribution in [0.4, 0.5) is 4.79 Å². The summed E-state index contributed by atoms with van der Waals surface area (Å²) in [7, 11) is 0. The number of imide groups is 1. The summed E-state index contributed by atoms with van der Waals surface area (Å²) in [5, 5.41) is 2.76. The van der Waals surface area contributed by atoms with Crippen molar-refractivity contribution in [1.29, 1.82) is 0 Å². The number of hydrogen-bond donors (Lipinski definition) is 1. The van der Waals surface area contributed by atoms with Crippen LogP contribution in [0.3, 0.4) is 0 Å². The largest absolute Gasteiger partial charge is 0.336 e. The number of amides is 4. The van der Waals surface area contributed by atoms with E-state index in [0.717, 1.165) is 17.7 Å². The smallest absolute Gasteiger partial charge is 0.325 e. The molecule has 118 valence electrons. The van der Waals surface area contributed by atoms with Crippen LogP contribution in [-0.2, 0) is 9.59 Å². The molecule has 2 fully saturated rings. The van der Waals surface area contributed by atoms with Crippen LogP contribution < -0.4 is 5.32 Å². The highest BCUT2D eigenvalue weighted by molar-refractivity contribution is 6.09. The van der Waals surface area contributed by atoms with Crippen LogP contribution in [-0.4, -0.2) is 51.8 Å². The van der Waals surface area contributed by atoms with Crippen molar-refractivity contribution in [2.24, 2.45) is 5.92 Å². The lowest BCUT2D eigenvalue weighted by Crippen LogP contribution is -2.49. The predicted molar refractivity (Wildman–Crippen MR) is 78.5 cm³/mol. The van der Waals surface area contributed by atoms with E-state index < -0.39 is 11.6 Å². The van der Waals surface area contributed by atoms with Crippen molar-refractivity contribution >= 4 is 17.8 Å². The van der Waals surface area contributed by atoms with Gasteiger partial charge in [-0.25, -0.2) is 4.79 Å². The zero-order valence-electron chi connectivity index (χ0n) is 13.5. The Morgan fingerprint density at radius 3 is 2.24 bits per heavy atom. The van der Waals surface area contributed by atoms with Crippen molar-refractivity contribution in [1.82, 2.24) is 15.1 Å². The van der Waals surface area contributed by atoms with Crippen LogP contribution in [0.2, 0.25) is 0 Å². The molecule has 1 N–H and O–H groups in total. The van der Waals surface area contributed by atoms with Crippen LogP contribution in [0.15, 0.2) is 0 Å². The first-order valence-electron chi connectivity index (χ1n) is 7.63. The Morgan fingerprint density at radius 1 is 1.29 bits per heavy atom. The van der Waals surface area contributed by atoms with Gasteiger partial charge in [0.15, 0.2) is 0 Å². The molecule has 6 nitrogen and oxygen atoms in total. The maximum Gasteiger partial charge on any atom is 0.325 e. The van der Waals surface area contributed by atoms with E-state index in [2.05, 4.69) is 5.32 Å². The average Bonchev–Trinajstić information content (AvgIpc) is 3.14. The van der Waals surface area contributed by atoms with Gasteiger partial charge in [0.1, 0.15) is 12.1 Å². The van der Waals surface area contributed by atoms with E-state index in [-0.39, 0.29) is 36.4 Å². The molecule has 4 amide bonds. The summed E-state index contributed by atoms with van der Waals surface area (Å²) in [5.74, 6) is -0.250. The third kappa shape index (κ3) is 2.76. The highest BCUT2D eigenvalue weighted by Crippen LogP contribution is 2.42.